The molecule has 0 spiro atoms. The highest BCUT2D eigenvalue weighted by molar-refractivity contribution is 9.10. The Labute approximate surface area is 103 Å². The maximum Gasteiger partial charge on any atom is 0.137 e. The molecule has 1 fully saturated rings. The minimum atomic E-state index is -0.281. The summed E-state index contributed by atoms with van der Waals surface area (Å²) in [6.45, 7) is 4.18. The maximum atomic E-state index is 13.0. The summed E-state index contributed by atoms with van der Waals surface area (Å²) in [6, 6.07) is 4.86. The van der Waals surface area contributed by atoms with Crippen LogP contribution in [0.15, 0.2) is 22.7 Å². The van der Waals surface area contributed by atoms with Gasteiger partial charge < -0.3 is 10.5 Å². The van der Waals surface area contributed by atoms with Crippen molar-refractivity contribution < 1.29 is 9.13 Å². The summed E-state index contributed by atoms with van der Waals surface area (Å²) >= 11 is 3.14. The molecule has 1 saturated carbocycles. The lowest BCUT2D eigenvalue weighted by Crippen LogP contribution is -2.60. The summed E-state index contributed by atoms with van der Waals surface area (Å²) in [4.78, 5) is 0. The van der Waals surface area contributed by atoms with Gasteiger partial charge in [0.05, 0.1) is 4.47 Å². The molecule has 2 rings (SSSR count). The molecule has 0 aromatic heterocycles. The molecule has 1 aromatic carbocycles. The van der Waals surface area contributed by atoms with E-state index < -0.39 is 0 Å². The van der Waals surface area contributed by atoms with Crippen LogP contribution in [0.1, 0.15) is 20.3 Å². The first kappa shape index (κ1) is 11.9. The molecule has 2 nitrogen and oxygen atoms in total. The van der Waals surface area contributed by atoms with E-state index in [0.29, 0.717) is 10.2 Å². The number of hydrogen-bond donors (Lipinski definition) is 1. The van der Waals surface area contributed by atoms with Gasteiger partial charge in [0.2, 0.25) is 0 Å². The maximum absolute atomic E-state index is 13.0. The highest BCUT2D eigenvalue weighted by Crippen LogP contribution is 2.41. The van der Waals surface area contributed by atoms with Crippen LogP contribution in [-0.4, -0.2) is 12.1 Å². The van der Waals surface area contributed by atoms with Crippen LogP contribution in [0.5, 0.6) is 5.75 Å². The van der Waals surface area contributed by atoms with E-state index >= 15 is 0 Å². The molecule has 16 heavy (non-hydrogen) atoms. The quantitative estimate of drug-likeness (QED) is 0.907. The molecule has 1 aromatic rings. The zero-order valence-electron chi connectivity index (χ0n) is 9.34. The molecular formula is C12H15BrFNO. The van der Waals surface area contributed by atoms with Gasteiger partial charge in [0.15, 0.2) is 0 Å². The number of halogens is 2. The molecule has 0 amide bonds. The van der Waals surface area contributed by atoms with E-state index in [1.54, 1.807) is 12.1 Å². The fourth-order valence-electron chi connectivity index (χ4n) is 1.83. The molecule has 88 valence electrons. The van der Waals surface area contributed by atoms with Crippen molar-refractivity contribution in [3.8, 4) is 5.75 Å². The SMILES string of the molecule is CC1(C)C(N)CC1Oc1ccc(F)c(Br)c1. The normalized spacial score (nSPS) is 27.3. The molecule has 0 heterocycles. The van der Waals surface area contributed by atoms with Crippen LogP contribution in [0, 0.1) is 11.2 Å². The number of benzene rings is 1. The summed E-state index contributed by atoms with van der Waals surface area (Å²) in [5.74, 6) is 0.398. The Hall–Kier alpha value is -0.610. The number of rotatable bonds is 2. The van der Waals surface area contributed by atoms with Gasteiger partial charge in [-0.15, -0.1) is 0 Å². The van der Waals surface area contributed by atoms with E-state index in [-0.39, 0.29) is 23.4 Å². The third kappa shape index (κ3) is 1.96. The molecule has 2 atom stereocenters. The predicted octanol–water partition coefficient (Wildman–Crippen LogP) is 3.09. The Bertz CT molecular complexity index is 408. The van der Waals surface area contributed by atoms with E-state index in [9.17, 15) is 4.39 Å². The second kappa shape index (κ2) is 4.00. The average molecular weight is 288 g/mol. The van der Waals surface area contributed by atoms with Gasteiger partial charge in [0.25, 0.3) is 0 Å². The fraction of sp³-hybridized carbons (Fsp3) is 0.500. The van der Waals surface area contributed by atoms with Crippen molar-refractivity contribution in [2.45, 2.75) is 32.4 Å². The number of ether oxygens (including phenoxy) is 1. The summed E-state index contributed by atoms with van der Waals surface area (Å²) in [6.07, 6.45) is 0.960. The van der Waals surface area contributed by atoms with E-state index in [0.717, 1.165) is 6.42 Å². The molecule has 0 aliphatic heterocycles. The van der Waals surface area contributed by atoms with E-state index in [1.165, 1.54) is 6.07 Å². The molecule has 1 aliphatic carbocycles. The largest absolute Gasteiger partial charge is 0.490 e. The number of hydrogen-bond acceptors (Lipinski definition) is 2. The van der Waals surface area contributed by atoms with Crippen LogP contribution in [0.3, 0.4) is 0 Å². The van der Waals surface area contributed by atoms with Crippen LogP contribution in [0.4, 0.5) is 4.39 Å². The molecule has 2 N–H and O–H groups in total. The van der Waals surface area contributed by atoms with Gasteiger partial charge in [0, 0.05) is 17.9 Å². The topological polar surface area (TPSA) is 35.2 Å². The lowest BCUT2D eigenvalue weighted by Gasteiger charge is -2.49. The van der Waals surface area contributed by atoms with Crippen LogP contribution >= 0.6 is 15.9 Å². The monoisotopic (exact) mass is 287 g/mol. The first-order chi connectivity index (χ1) is 7.41. The summed E-state index contributed by atoms with van der Waals surface area (Å²) < 4.78 is 19.2. The van der Waals surface area contributed by atoms with Crippen LogP contribution in [-0.2, 0) is 0 Å². The van der Waals surface area contributed by atoms with Gasteiger partial charge in [-0.3, -0.25) is 0 Å². The highest BCUT2D eigenvalue weighted by atomic mass is 79.9. The fourth-order valence-corrected chi connectivity index (χ4v) is 2.19. The second-order valence-electron chi connectivity index (χ2n) is 4.85. The minimum absolute atomic E-state index is 0.0130. The van der Waals surface area contributed by atoms with Crippen LogP contribution < -0.4 is 10.5 Å². The third-order valence-electron chi connectivity index (χ3n) is 3.42. The van der Waals surface area contributed by atoms with Crippen LogP contribution in [0.2, 0.25) is 0 Å². The molecule has 1 aliphatic rings. The minimum Gasteiger partial charge on any atom is -0.490 e. The Morgan fingerprint density at radius 1 is 1.50 bits per heavy atom. The van der Waals surface area contributed by atoms with Crippen molar-refractivity contribution >= 4 is 15.9 Å². The Morgan fingerprint density at radius 3 is 2.69 bits per heavy atom. The van der Waals surface area contributed by atoms with E-state index in [1.807, 2.05) is 0 Å². The molecule has 0 radical (unpaired) electrons. The molecule has 2 unspecified atom stereocenters. The van der Waals surface area contributed by atoms with Gasteiger partial charge in [0.1, 0.15) is 17.7 Å². The smallest absolute Gasteiger partial charge is 0.137 e. The molecular weight excluding hydrogens is 273 g/mol. The van der Waals surface area contributed by atoms with Crippen molar-refractivity contribution in [1.82, 2.24) is 0 Å². The summed E-state index contributed by atoms with van der Waals surface area (Å²) in [5.41, 5.74) is 5.89. The van der Waals surface area contributed by atoms with Crippen molar-refractivity contribution in [1.29, 1.82) is 0 Å². The second-order valence-corrected chi connectivity index (χ2v) is 5.70. The van der Waals surface area contributed by atoms with Gasteiger partial charge in [-0.2, -0.15) is 0 Å². The van der Waals surface area contributed by atoms with Gasteiger partial charge in [-0.1, -0.05) is 13.8 Å². The third-order valence-corrected chi connectivity index (χ3v) is 4.03. The molecule has 0 bridgehead atoms. The summed E-state index contributed by atoms with van der Waals surface area (Å²) in [7, 11) is 0. The standard InChI is InChI=1S/C12H15BrFNO/c1-12(2)10(15)6-11(12)16-7-3-4-9(14)8(13)5-7/h3-5,10-11H,6,15H2,1-2H3. The van der Waals surface area contributed by atoms with E-state index in [4.69, 9.17) is 10.5 Å². The molecule has 0 saturated heterocycles. The van der Waals surface area contributed by atoms with Crippen molar-refractivity contribution in [3.63, 3.8) is 0 Å². The van der Waals surface area contributed by atoms with E-state index in [2.05, 4.69) is 29.8 Å². The van der Waals surface area contributed by atoms with Gasteiger partial charge in [-0.25, -0.2) is 4.39 Å². The highest BCUT2D eigenvalue weighted by Gasteiger charge is 2.47. The predicted molar refractivity (Wildman–Crippen MR) is 64.9 cm³/mol. The Balaban J connectivity index is 2.08. The lowest BCUT2D eigenvalue weighted by molar-refractivity contribution is -0.0400. The van der Waals surface area contributed by atoms with Crippen LogP contribution in [0.25, 0.3) is 0 Å². The zero-order chi connectivity index (χ0) is 11.9. The van der Waals surface area contributed by atoms with Gasteiger partial charge in [-0.05, 0) is 34.1 Å². The summed E-state index contributed by atoms with van der Waals surface area (Å²) in [5, 5.41) is 0. The zero-order valence-corrected chi connectivity index (χ0v) is 10.9. The van der Waals surface area contributed by atoms with Crippen molar-refractivity contribution in [3.05, 3.63) is 28.5 Å². The van der Waals surface area contributed by atoms with Crippen molar-refractivity contribution in [2.75, 3.05) is 0 Å². The Morgan fingerprint density at radius 2 is 2.19 bits per heavy atom. The van der Waals surface area contributed by atoms with Crippen molar-refractivity contribution in [2.24, 2.45) is 11.1 Å². The lowest BCUT2D eigenvalue weighted by atomic mass is 9.65. The average Bonchev–Trinajstić information content (AvgIpc) is 2.23. The first-order valence-electron chi connectivity index (χ1n) is 5.28. The van der Waals surface area contributed by atoms with Gasteiger partial charge >= 0.3 is 0 Å². The Kier molecular flexibility index (Phi) is 2.97. The molecule has 4 heteroatoms. The first-order valence-corrected chi connectivity index (χ1v) is 6.08. The number of nitrogens with two attached hydrogens (primary N) is 1.